The highest BCUT2D eigenvalue weighted by Gasteiger charge is 2.09. The molecule has 106 valence electrons. The Morgan fingerprint density at radius 3 is 2.65 bits per heavy atom. The number of rotatable bonds is 4. The van der Waals surface area contributed by atoms with E-state index >= 15 is 0 Å². The molecule has 20 heavy (non-hydrogen) atoms. The Labute approximate surface area is 132 Å². The van der Waals surface area contributed by atoms with Crippen molar-refractivity contribution < 1.29 is 0 Å². The van der Waals surface area contributed by atoms with Crippen LogP contribution in [0.4, 0.5) is 11.5 Å². The molecule has 1 aromatic heterocycles. The summed E-state index contributed by atoms with van der Waals surface area (Å²) in [4.78, 5) is 8.85. The summed E-state index contributed by atoms with van der Waals surface area (Å²) in [5.74, 6) is 1.54. The molecule has 1 aromatic carbocycles. The summed E-state index contributed by atoms with van der Waals surface area (Å²) in [6.45, 7) is 6.07. The fourth-order valence-corrected chi connectivity index (χ4v) is 2.36. The average Bonchev–Trinajstić information content (AvgIpc) is 2.40. The van der Waals surface area contributed by atoms with Crippen LogP contribution in [0.5, 0.6) is 0 Å². The van der Waals surface area contributed by atoms with Crippen molar-refractivity contribution in [2.45, 2.75) is 33.6 Å². The summed E-state index contributed by atoms with van der Waals surface area (Å²) >= 11 is 9.71. The van der Waals surface area contributed by atoms with Gasteiger partial charge in [0.2, 0.25) is 0 Å². The normalized spacial score (nSPS) is 10.7. The van der Waals surface area contributed by atoms with E-state index in [1.807, 2.05) is 19.1 Å². The molecule has 0 saturated heterocycles. The maximum atomic E-state index is 6.18. The maximum absolute atomic E-state index is 6.18. The second kappa shape index (κ2) is 6.55. The SMILES string of the molecule is CCCc1nc(Cl)c(C)c(Nc2ccc(C)c(Br)c2)n1. The molecule has 0 fully saturated rings. The van der Waals surface area contributed by atoms with Crippen molar-refractivity contribution in [1.29, 1.82) is 0 Å². The second-order valence-electron chi connectivity index (χ2n) is 4.74. The average molecular weight is 355 g/mol. The second-order valence-corrected chi connectivity index (χ2v) is 5.96. The van der Waals surface area contributed by atoms with Crippen molar-refractivity contribution in [3.05, 3.63) is 44.8 Å². The maximum Gasteiger partial charge on any atom is 0.138 e. The highest BCUT2D eigenvalue weighted by atomic mass is 79.9. The summed E-state index contributed by atoms with van der Waals surface area (Å²) in [5, 5.41) is 3.83. The van der Waals surface area contributed by atoms with Crippen LogP contribution in [-0.4, -0.2) is 9.97 Å². The molecule has 1 N–H and O–H groups in total. The molecule has 5 heteroatoms. The molecule has 2 rings (SSSR count). The van der Waals surface area contributed by atoms with Crippen LogP contribution in [0.1, 0.15) is 30.3 Å². The number of aryl methyl sites for hydroxylation is 2. The highest BCUT2D eigenvalue weighted by Crippen LogP contribution is 2.26. The molecule has 0 amide bonds. The first kappa shape index (κ1) is 15.3. The number of benzene rings is 1. The number of halogens is 2. The van der Waals surface area contributed by atoms with Gasteiger partial charge in [-0.1, -0.05) is 40.5 Å². The van der Waals surface area contributed by atoms with Crippen LogP contribution in [0.3, 0.4) is 0 Å². The zero-order chi connectivity index (χ0) is 14.7. The molecule has 0 aliphatic heterocycles. The van der Waals surface area contributed by atoms with Crippen molar-refractivity contribution in [2.24, 2.45) is 0 Å². The first-order chi connectivity index (χ1) is 9.51. The summed E-state index contributed by atoms with van der Waals surface area (Å²) < 4.78 is 1.06. The van der Waals surface area contributed by atoms with Crippen molar-refractivity contribution in [2.75, 3.05) is 5.32 Å². The Bertz CT molecular complexity index is 629. The summed E-state index contributed by atoms with van der Waals surface area (Å²) in [7, 11) is 0. The zero-order valence-corrected chi connectivity index (χ0v) is 14.1. The van der Waals surface area contributed by atoms with E-state index in [9.17, 15) is 0 Å². The summed E-state index contributed by atoms with van der Waals surface area (Å²) in [6, 6.07) is 6.11. The topological polar surface area (TPSA) is 37.8 Å². The van der Waals surface area contributed by atoms with Gasteiger partial charge in [-0.3, -0.25) is 0 Å². The number of aromatic nitrogens is 2. The third-order valence-corrected chi connectivity index (χ3v) is 4.26. The third kappa shape index (κ3) is 3.49. The lowest BCUT2D eigenvalue weighted by Gasteiger charge is -2.12. The van der Waals surface area contributed by atoms with Crippen LogP contribution in [0.15, 0.2) is 22.7 Å². The van der Waals surface area contributed by atoms with E-state index in [1.54, 1.807) is 0 Å². The van der Waals surface area contributed by atoms with Gasteiger partial charge in [0, 0.05) is 22.1 Å². The van der Waals surface area contributed by atoms with E-state index in [0.29, 0.717) is 5.15 Å². The lowest BCUT2D eigenvalue weighted by atomic mass is 10.2. The van der Waals surface area contributed by atoms with E-state index in [1.165, 1.54) is 5.56 Å². The largest absolute Gasteiger partial charge is 0.340 e. The quantitative estimate of drug-likeness (QED) is 0.766. The van der Waals surface area contributed by atoms with E-state index in [0.717, 1.165) is 40.2 Å². The minimum atomic E-state index is 0.511. The van der Waals surface area contributed by atoms with Gasteiger partial charge in [0.15, 0.2) is 0 Å². The standard InChI is InChI=1S/C15H17BrClN3/c1-4-5-13-19-14(17)10(3)15(20-13)18-11-7-6-9(2)12(16)8-11/h6-8H,4-5H2,1-3H3,(H,18,19,20). The van der Waals surface area contributed by atoms with Crippen LogP contribution in [0, 0.1) is 13.8 Å². The third-order valence-electron chi connectivity index (χ3n) is 3.04. The summed E-state index contributed by atoms with van der Waals surface area (Å²) in [5.41, 5.74) is 3.03. The van der Waals surface area contributed by atoms with Crippen LogP contribution in [0.2, 0.25) is 5.15 Å². The van der Waals surface area contributed by atoms with Gasteiger partial charge in [-0.25, -0.2) is 9.97 Å². The number of nitrogens with zero attached hydrogens (tertiary/aromatic N) is 2. The molecule has 0 aliphatic carbocycles. The Balaban J connectivity index is 2.34. The molecule has 0 radical (unpaired) electrons. The fraction of sp³-hybridized carbons (Fsp3) is 0.333. The van der Waals surface area contributed by atoms with Gasteiger partial charge < -0.3 is 5.32 Å². The van der Waals surface area contributed by atoms with Crippen LogP contribution < -0.4 is 5.32 Å². The molecule has 3 nitrogen and oxygen atoms in total. The van der Waals surface area contributed by atoms with Gasteiger partial charge in [-0.05, 0) is 38.0 Å². The number of anilines is 2. The zero-order valence-electron chi connectivity index (χ0n) is 11.8. The number of hydrogen-bond acceptors (Lipinski definition) is 3. The number of nitrogens with one attached hydrogen (secondary N) is 1. The smallest absolute Gasteiger partial charge is 0.138 e. The van der Waals surface area contributed by atoms with Crippen molar-refractivity contribution in [3.63, 3.8) is 0 Å². The predicted octanol–water partition coefficient (Wildman–Crippen LogP) is 5.21. The van der Waals surface area contributed by atoms with Crippen molar-refractivity contribution in [3.8, 4) is 0 Å². The fourth-order valence-electron chi connectivity index (χ4n) is 1.80. The van der Waals surface area contributed by atoms with Crippen molar-refractivity contribution in [1.82, 2.24) is 9.97 Å². The van der Waals surface area contributed by atoms with Crippen LogP contribution in [0.25, 0.3) is 0 Å². The van der Waals surface area contributed by atoms with Gasteiger partial charge in [0.05, 0.1) is 0 Å². The molecule has 1 heterocycles. The van der Waals surface area contributed by atoms with E-state index in [4.69, 9.17) is 11.6 Å². The lowest BCUT2D eigenvalue weighted by molar-refractivity contribution is 0.833. The van der Waals surface area contributed by atoms with Gasteiger partial charge in [0.1, 0.15) is 16.8 Å². The van der Waals surface area contributed by atoms with E-state index in [-0.39, 0.29) is 0 Å². The molecule has 0 aliphatic rings. The minimum absolute atomic E-state index is 0.511. The molecule has 0 spiro atoms. The van der Waals surface area contributed by atoms with Gasteiger partial charge >= 0.3 is 0 Å². The Hall–Kier alpha value is -1.13. The minimum Gasteiger partial charge on any atom is -0.340 e. The lowest BCUT2D eigenvalue weighted by Crippen LogP contribution is -2.03. The van der Waals surface area contributed by atoms with Gasteiger partial charge in [0.25, 0.3) is 0 Å². The molecule has 0 unspecified atom stereocenters. The summed E-state index contributed by atoms with van der Waals surface area (Å²) in [6.07, 6.45) is 1.82. The first-order valence-corrected chi connectivity index (χ1v) is 7.74. The Morgan fingerprint density at radius 1 is 1.25 bits per heavy atom. The Kier molecular flexibility index (Phi) is 5.00. The van der Waals surface area contributed by atoms with E-state index in [2.05, 4.69) is 51.1 Å². The Morgan fingerprint density at radius 2 is 2.00 bits per heavy atom. The molecular formula is C15H17BrClN3. The monoisotopic (exact) mass is 353 g/mol. The molecule has 2 aromatic rings. The van der Waals surface area contributed by atoms with E-state index < -0.39 is 0 Å². The molecule has 0 atom stereocenters. The molecule has 0 saturated carbocycles. The van der Waals surface area contributed by atoms with Crippen molar-refractivity contribution >= 4 is 39.0 Å². The molecule has 0 bridgehead atoms. The van der Waals surface area contributed by atoms with Crippen LogP contribution in [-0.2, 0) is 6.42 Å². The number of hydrogen-bond donors (Lipinski definition) is 1. The molecular weight excluding hydrogens is 338 g/mol. The first-order valence-electron chi connectivity index (χ1n) is 6.57. The van der Waals surface area contributed by atoms with Gasteiger partial charge in [-0.2, -0.15) is 0 Å². The van der Waals surface area contributed by atoms with Gasteiger partial charge in [-0.15, -0.1) is 0 Å². The predicted molar refractivity (Wildman–Crippen MR) is 87.9 cm³/mol. The van der Waals surface area contributed by atoms with Crippen LogP contribution >= 0.6 is 27.5 Å². The highest BCUT2D eigenvalue weighted by molar-refractivity contribution is 9.10.